The SMILES string of the molecule is CC(C)(COP(=O)(O)OP(=O)(O)OCC1OC(n2cnc3c(N)ncnc32)C(O)C1OP(=O)(O)O)C(O)C(=O)NCCC(=O)NCCC(=O)C1(CCCCCc2ccc(CCCCCC3(C(=O)CCNC(=O)CCNC(=O)C(O)C(C)(C)COP(=O)(O)OP(=O)(O)OCC4OC(n5cnc6c(N)ncnc65)C(O)C4OP(=O)(O)O)CC3)cc2)CC1. The third kappa shape index (κ3) is 27.8. The normalized spacial score (nSPS) is 22.9. The monoisotopic (exact) mass is 1820 g/mol. The van der Waals surface area contributed by atoms with Gasteiger partial charge in [-0.05, 0) is 75.3 Å². The Morgan fingerprint density at radius 2 is 0.842 bits per heavy atom. The Bertz CT molecular complexity index is 4450. The number of aromatic nitrogens is 8. The fourth-order valence-corrected chi connectivity index (χ4v) is 19.1. The highest BCUT2D eigenvalue weighted by atomic mass is 31.3. The number of aliphatic hydroxyl groups is 4. The van der Waals surface area contributed by atoms with Gasteiger partial charge >= 0.3 is 46.9 Å². The van der Waals surface area contributed by atoms with Crippen molar-refractivity contribution < 1.29 is 161 Å². The summed E-state index contributed by atoms with van der Waals surface area (Å²) in [7, 11) is -33.2. The lowest BCUT2D eigenvalue weighted by Gasteiger charge is -2.30. The molecule has 0 spiro atoms. The minimum Gasteiger partial charge on any atom is -0.386 e. The van der Waals surface area contributed by atoms with Crippen LogP contribution in [0.25, 0.3) is 22.3 Å². The van der Waals surface area contributed by atoms with Gasteiger partial charge in [0.1, 0.15) is 84.1 Å². The van der Waals surface area contributed by atoms with Crippen molar-refractivity contribution in [2.24, 2.45) is 21.7 Å². The molecular weight excluding hydrogens is 1720 g/mol. The molecule has 20 N–H and O–H groups in total. The van der Waals surface area contributed by atoms with Crippen LogP contribution in [0, 0.1) is 21.7 Å². The molecule has 2 saturated heterocycles. The van der Waals surface area contributed by atoms with Crippen molar-refractivity contribution in [3.05, 3.63) is 60.7 Å². The van der Waals surface area contributed by atoms with Crippen LogP contribution >= 0.6 is 46.9 Å². The minimum atomic E-state index is -5.64. The molecule has 0 bridgehead atoms. The highest BCUT2D eigenvalue weighted by Gasteiger charge is 2.54. The van der Waals surface area contributed by atoms with Gasteiger partial charge < -0.3 is 102 Å². The number of aryl methyl sites for hydroxylation is 2. The Labute approximate surface area is 685 Å². The lowest BCUT2D eigenvalue weighted by molar-refractivity contribution is -0.137. The minimum absolute atomic E-state index is 0.00850. The molecule has 0 radical (unpaired) electrons. The lowest BCUT2D eigenvalue weighted by atomic mass is 9.87. The van der Waals surface area contributed by atoms with E-state index < -0.39 is 180 Å². The number of nitrogens with one attached hydrogen (secondary N) is 4. The summed E-state index contributed by atoms with van der Waals surface area (Å²) in [6, 6.07) is 8.48. The van der Waals surface area contributed by atoms with Gasteiger partial charge in [-0.2, -0.15) is 8.62 Å². The van der Waals surface area contributed by atoms with Gasteiger partial charge in [0, 0.05) is 73.5 Å². The number of ether oxygens (including phenoxy) is 2. The van der Waals surface area contributed by atoms with E-state index in [2.05, 4.69) is 93.1 Å². The van der Waals surface area contributed by atoms with E-state index in [4.69, 9.17) is 39.0 Å². The van der Waals surface area contributed by atoms with Crippen LogP contribution in [-0.4, -0.2) is 235 Å². The first-order valence-corrected chi connectivity index (χ1v) is 47.0. The Morgan fingerprint density at radius 1 is 0.500 bits per heavy atom. The number of phosphoric acid groups is 6. The number of carbonyl (C=O) groups is 6. The number of benzene rings is 1. The molecule has 48 nitrogen and oxygen atoms in total. The van der Waals surface area contributed by atoms with Gasteiger partial charge in [0.05, 0.1) is 39.1 Å². The van der Waals surface area contributed by atoms with Crippen molar-refractivity contribution >= 4 is 116 Å². The van der Waals surface area contributed by atoms with Crippen molar-refractivity contribution in [2.45, 2.75) is 205 Å². The molecule has 14 unspecified atom stereocenters. The fraction of sp³-hybridized carbons (Fsp3) is 0.667. The number of aliphatic hydroxyl groups excluding tert-OH is 4. The third-order valence-electron chi connectivity index (χ3n) is 20.7. The van der Waals surface area contributed by atoms with Gasteiger partial charge in [0.2, 0.25) is 23.6 Å². The van der Waals surface area contributed by atoms with Gasteiger partial charge in [-0.1, -0.05) is 77.6 Å². The highest BCUT2D eigenvalue weighted by molar-refractivity contribution is 7.61. The van der Waals surface area contributed by atoms with Crippen LogP contribution in [0.2, 0.25) is 0 Å². The van der Waals surface area contributed by atoms with Crippen molar-refractivity contribution in [2.75, 3.05) is 64.1 Å². The van der Waals surface area contributed by atoms with E-state index >= 15 is 0 Å². The first kappa shape index (κ1) is 97.4. The van der Waals surface area contributed by atoms with E-state index in [0.29, 0.717) is 0 Å². The molecule has 670 valence electrons. The molecule has 4 aromatic heterocycles. The number of nitrogen functional groups attached to an aromatic ring is 2. The molecule has 5 aromatic rings. The maximum Gasteiger partial charge on any atom is 0.481 e. The smallest absolute Gasteiger partial charge is 0.386 e. The van der Waals surface area contributed by atoms with Crippen LogP contribution in [0.15, 0.2) is 49.6 Å². The standard InChI is InChI=1S/C66H102N14O34P6/c1-63(2,33-107-119(101,102)113-117(97,98)105-31-41-51(111-115(91,92)93)49(85)61(109-41)79-37-77-47-55(67)73-35-75-57(47)79)53(87)59(89)71-29-19-45(83)69-27-17-43(81)65(23-24-65)21-9-5-7-11-39-13-15-40(16-14-39)12-8-6-10-22-66(25-26-66)44(82)18-28-70-46(84)20-30-72-60(90)54(88)64(3,4)34-108-120(103,104)114-118(99,100)106-32-42-52(112-116(94,95)96)50(86)62(110-42)80-38-78-48-56(68)74-36-76-58(48)80/h13-16,35-38,41-42,49-54,61-62,85-88H,5-12,17-34H2,1-4H3,(H,69,83)(H,70,84)(H,71,89)(H,72,90)(H,97,98)(H,99,100)(H,101,102)(H,103,104)(H2,67,73,75)(H2,68,74,76)(H2,91,92,93)(H2,94,95,96). The molecule has 2 saturated carbocycles. The number of phosphoric ester groups is 6. The summed E-state index contributed by atoms with van der Waals surface area (Å²) < 4.78 is 126. The second-order valence-electron chi connectivity index (χ2n) is 31.0. The molecular formula is C66H102N14O34P6. The number of anilines is 2. The molecule has 2 aliphatic carbocycles. The van der Waals surface area contributed by atoms with Crippen LogP contribution in [0.3, 0.4) is 0 Å². The number of nitrogens with zero attached hydrogens (tertiary/aromatic N) is 8. The zero-order valence-electron chi connectivity index (χ0n) is 65.5. The second-order valence-corrected chi connectivity index (χ2v) is 39.5. The lowest BCUT2D eigenvalue weighted by Crippen LogP contribution is -2.46. The van der Waals surface area contributed by atoms with E-state index in [1.165, 1.54) is 38.8 Å². The van der Waals surface area contributed by atoms with E-state index in [1.807, 2.05) is 0 Å². The third-order valence-corrected chi connectivity index (χ3v) is 26.9. The van der Waals surface area contributed by atoms with Gasteiger partial charge in [-0.25, -0.2) is 57.3 Å². The van der Waals surface area contributed by atoms with Crippen LogP contribution in [0.4, 0.5) is 11.6 Å². The molecule has 9 rings (SSSR count). The van der Waals surface area contributed by atoms with Gasteiger partial charge in [-0.15, -0.1) is 0 Å². The number of fused-ring (bicyclic) bond motifs is 2. The molecule has 120 heavy (non-hydrogen) atoms. The average Bonchev–Trinajstić information content (AvgIpc) is 1.62. The number of imidazole rings is 2. The number of rotatable bonds is 52. The van der Waals surface area contributed by atoms with Crippen molar-refractivity contribution in [1.29, 1.82) is 0 Å². The molecule has 2 aliphatic heterocycles. The number of hydrogen-bond donors (Lipinski definition) is 18. The maximum atomic E-state index is 13.3. The van der Waals surface area contributed by atoms with E-state index in [9.17, 15) is 116 Å². The summed E-state index contributed by atoms with van der Waals surface area (Å²) in [6.07, 6.45) is -2.50. The number of hydrogen-bond acceptors (Lipinski definition) is 34. The molecule has 1 aromatic carbocycles. The van der Waals surface area contributed by atoms with E-state index in [1.54, 1.807) is 0 Å². The highest BCUT2D eigenvalue weighted by Crippen LogP contribution is 2.63. The number of carbonyl (C=O) groups excluding carboxylic acids is 6. The number of amides is 4. The summed E-state index contributed by atoms with van der Waals surface area (Å²) in [6.45, 7) is 0.392. The summed E-state index contributed by atoms with van der Waals surface area (Å²) >= 11 is 0. The first-order valence-electron chi connectivity index (χ1n) is 38.0. The summed E-state index contributed by atoms with van der Waals surface area (Å²) in [5, 5.41) is 53.7. The quantitative estimate of drug-likeness (QED) is 0.0196. The number of nitrogens with two attached hydrogens (primary N) is 2. The van der Waals surface area contributed by atoms with Crippen LogP contribution in [-0.2, 0) is 114 Å². The van der Waals surface area contributed by atoms with Crippen molar-refractivity contribution in [3.8, 4) is 0 Å². The zero-order valence-corrected chi connectivity index (χ0v) is 70.9. The molecule has 4 amide bonds. The Balaban J connectivity index is 0.568. The molecule has 4 aliphatic rings. The zero-order chi connectivity index (χ0) is 88.2. The van der Waals surface area contributed by atoms with Crippen LogP contribution in [0.5, 0.6) is 0 Å². The molecule has 4 fully saturated rings. The van der Waals surface area contributed by atoms with Crippen LogP contribution in [0.1, 0.15) is 154 Å². The fourth-order valence-electron chi connectivity index (χ4n) is 13.5. The Kier molecular flexibility index (Phi) is 33.1. The second kappa shape index (κ2) is 40.7. The predicted molar refractivity (Wildman–Crippen MR) is 413 cm³/mol. The molecule has 6 heterocycles. The van der Waals surface area contributed by atoms with E-state index in [0.717, 1.165) is 124 Å². The summed E-state index contributed by atoms with van der Waals surface area (Å²) in [4.78, 5) is 181. The maximum absolute atomic E-state index is 13.3. The van der Waals surface area contributed by atoms with E-state index in [-0.39, 0.29) is 97.4 Å². The Hall–Kier alpha value is -6.36. The number of unbranched alkanes of at least 4 members (excludes halogenated alkanes) is 4. The van der Waals surface area contributed by atoms with Crippen molar-refractivity contribution in [1.82, 2.24) is 60.3 Å². The summed E-state index contributed by atoms with van der Waals surface area (Å²) in [5.41, 5.74) is 9.96. The van der Waals surface area contributed by atoms with Crippen LogP contribution < -0.4 is 32.7 Å². The number of ketones is 2. The summed E-state index contributed by atoms with van der Waals surface area (Å²) in [5.74, 6) is -3.02. The van der Waals surface area contributed by atoms with Gasteiger partial charge in [-0.3, -0.25) is 65.0 Å². The first-order chi connectivity index (χ1) is 56.0. The number of Topliss-reactive ketones (excluding diaryl/α,β-unsaturated/α-hetero) is 2. The largest absolute Gasteiger partial charge is 0.481 e. The predicted octanol–water partition coefficient (Wildman–Crippen LogP) is 2.21. The molecule has 14 atom stereocenters. The van der Waals surface area contributed by atoms with Gasteiger partial charge in [0.15, 0.2) is 35.4 Å². The molecule has 54 heteroatoms. The Morgan fingerprint density at radius 3 is 1.18 bits per heavy atom. The van der Waals surface area contributed by atoms with Crippen molar-refractivity contribution in [3.63, 3.8) is 0 Å². The topological polar surface area (TPSA) is 727 Å². The average molecular weight is 1820 g/mol. The van der Waals surface area contributed by atoms with Gasteiger partial charge in [0.25, 0.3) is 0 Å².